The number of nitrogens with zero attached hydrogens (tertiary/aromatic N) is 4. The van der Waals surface area contributed by atoms with E-state index in [9.17, 15) is 4.79 Å². The lowest BCUT2D eigenvalue weighted by molar-refractivity contribution is -0.119. The van der Waals surface area contributed by atoms with Crippen LogP contribution in [0.25, 0.3) is 0 Å². The van der Waals surface area contributed by atoms with Gasteiger partial charge in [0.15, 0.2) is 5.16 Å². The highest BCUT2D eigenvalue weighted by Crippen LogP contribution is 2.32. The van der Waals surface area contributed by atoms with Crippen molar-refractivity contribution < 1.29 is 4.79 Å². The average Bonchev–Trinajstić information content (AvgIpc) is 3.53. The van der Waals surface area contributed by atoms with Crippen molar-refractivity contribution in [2.24, 2.45) is 5.92 Å². The lowest BCUT2D eigenvalue weighted by Crippen LogP contribution is -2.49. The van der Waals surface area contributed by atoms with Gasteiger partial charge in [0.05, 0.1) is 6.20 Å². The number of carbonyl (C=O) groups is 1. The molecule has 1 aliphatic heterocycles. The Morgan fingerprint density at radius 2 is 2.06 bits per heavy atom. The molecule has 2 aromatic heterocycles. The first-order valence-corrected chi connectivity index (χ1v) is 11.9. The van der Waals surface area contributed by atoms with Crippen LogP contribution in [0.5, 0.6) is 0 Å². The number of piperazine rings is 1. The Labute approximate surface area is 191 Å². The molecular formula is C23H27N7OS. The average molecular weight is 450 g/mol. The maximum absolute atomic E-state index is 12.1. The molecule has 1 aromatic carbocycles. The molecule has 3 heterocycles. The minimum atomic E-state index is 0.300. The normalized spacial score (nSPS) is 18.5. The molecular weight excluding hydrogens is 422 g/mol. The number of aromatic nitrogens is 4. The molecule has 3 aromatic rings. The van der Waals surface area contributed by atoms with Gasteiger partial charge in [-0.15, -0.1) is 0 Å². The lowest BCUT2D eigenvalue weighted by atomic mass is 10.1. The summed E-state index contributed by atoms with van der Waals surface area (Å²) < 4.78 is 0. The van der Waals surface area contributed by atoms with Gasteiger partial charge in [0, 0.05) is 55.0 Å². The molecule has 9 heteroatoms. The van der Waals surface area contributed by atoms with Crippen molar-refractivity contribution in [1.82, 2.24) is 25.5 Å². The third-order valence-electron chi connectivity index (χ3n) is 5.69. The van der Waals surface area contributed by atoms with Crippen molar-refractivity contribution in [3.8, 4) is 0 Å². The minimum Gasteiger partial charge on any atom is -0.354 e. The van der Waals surface area contributed by atoms with Crippen molar-refractivity contribution in [2.45, 2.75) is 42.3 Å². The van der Waals surface area contributed by atoms with Crippen LogP contribution in [0.2, 0.25) is 0 Å². The molecule has 0 radical (unpaired) electrons. The summed E-state index contributed by atoms with van der Waals surface area (Å²) >= 11 is 1.52. The third kappa shape index (κ3) is 5.28. The van der Waals surface area contributed by atoms with E-state index < -0.39 is 0 Å². The highest BCUT2D eigenvalue weighted by Gasteiger charge is 2.29. The van der Waals surface area contributed by atoms with Gasteiger partial charge in [-0.05, 0) is 49.2 Å². The van der Waals surface area contributed by atoms with Crippen molar-refractivity contribution in [1.29, 1.82) is 0 Å². The molecule has 5 rings (SSSR count). The second-order valence-electron chi connectivity index (χ2n) is 8.45. The number of anilines is 3. The van der Waals surface area contributed by atoms with Gasteiger partial charge in [0.25, 0.3) is 0 Å². The number of rotatable bonds is 8. The van der Waals surface area contributed by atoms with Crippen molar-refractivity contribution in [2.75, 3.05) is 29.9 Å². The number of nitrogens with one attached hydrogen (secondary N) is 3. The van der Waals surface area contributed by atoms with Crippen LogP contribution in [0.4, 0.5) is 17.5 Å². The van der Waals surface area contributed by atoms with E-state index in [-0.39, 0.29) is 0 Å². The maximum atomic E-state index is 12.1. The van der Waals surface area contributed by atoms with E-state index in [1.54, 1.807) is 6.20 Å². The number of hydrogen-bond donors (Lipinski definition) is 3. The van der Waals surface area contributed by atoms with Crippen molar-refractivity contribution in [3.05, 3.63) is 48.2 Å². The Kier molecular flexibility index (Phi) is 6.09. The van der Waals surface area contributed by atoms with Gasteiger partial charge in [-0.2, -0.15) is 5.10 Å². The number of Topliss-reactive ketones (excluding diaryl/α,β-unsaturated/α-hetero) is 1. The first-order chi connectivity index (χ1) is 15.6. The molecule has 0 bridgehead atoms. The van der Waals surface area contributed by atoms with Gasteiger partial charge < -0.3 is 15.5 Å². The third-order valence-corrected chi connectivity index (χ3v) is 6.56. The van der Waals surface area contributed by atoms with Crippen LogP contribution in [0.15, 0.2) is 52.6 Å². The molecule has 2 fully saturated rings. The van der Waals surface area contributed by atoms with E-state index in [1.165, 1.54) is 11.8 Å². The second-order valence-corrected chi connectivity index (χ2v) is 9.49. The summed E-state index contributed by atoms with van der Waals surface area (Å²) in [6, 6.07) is 12.4. The van der Waals surface area contributed by atoms with E-state index in [1.807, 2.05) is 36.4 Å². The molecule has 0 amide bonds. The predicted octanol–water partition coefficient (Wildman–Crippen LogP) is 3.41. The Hall–Kier alpha value is -2.91. The number of hydrogen-bond acceptors (Lipinski definition) is 8. The molecule has 1 saturated heterocycles. The molecule has 0 spiro atoms. The highest BCUT2D eigenvalue weighted by atomic mass is 32.2. The Balaban J connectivity index is 1.35. The van der Waals surface area contributed by atoms with Gasteiger partial charge >= 0.3 is 0 Å². The SMILES string of the molecule is CC1CN(c2cc(Nc3ccn[nH]3)nc(Sc3ccc(CC(=O)C4CC4)cc3)n2)CCN1. The topological polar surface area (TPSA) is 98.8 Å². The van der Waals surface area contributed by atoms with E-state index in [0.29, 0.717) is 29.3 Å². The molecule has 32 heavy (non-hydrogen) atoms. The zero-order valence-electron chi connectivity index (χ0n) is 18.0. The molecule has 1 saturated carbocycles. The summed E-state index contributed by atoms with van der Waals surface area (Å²) in [5.74, 6) is 3.07. The first kappa shape index (κ1) is 21.0. The summed E-state index contributed by atoms with van der Waals surface area (Å²) in [5, 5.41) is 14.3. The van der Waals surface area contributed by atoms with Crippen molar-refractivity contribution >= 4 is 35.0 Å². The summed E-state index contributed by atoms with van der Waals surface area (Å²) in [5.41, 5.74) is 1.07. The molecule has 2 aliphatic rings. The molecule has 1 unspecified atom stereocenters. The number of aromatic amines is 1. The quantitative estimate of drug-likeness (QED) is 0.450. The van der Waals surface area contributed by atoms with Gasteiger partial charge in [-0.3, -0.25) is 9.89 Å². The summed E-state index contributed by atoms with van der Waals surface area (Å²) in [7, 11) is 0. The van der Waals surface area contributed by atoms with E-state index in [2.05, 4.69) is 32.7 Å². The van der Waals surface area contributed by atoms with Crippen molar-refractivity contribution in [3.63, 3.8) is 0 Å². The van der Waals surface area contributed by atoms with E-state index in [4.69, 9.17) is 9.97 Å². The largest absolute Gasteiger partial charge is 0.354 e. The zero-order valence-corrected chi connectivity index (χ0v) is 18.9. The van der Waals surface area contributed by atoms with Crippen LogP contribution in [0.1, 0.15) is 25.3 Å². The van der Waals surface area contributed by atoms with Crippen LogP contribution in [-0.4, -0.2) is 51.6 Å². The summed E-state index contributed by atoms with van der Waals surface area (Å²) in [6.07, 6.45) is 4.34. The van der Waals surface area contributed by atoms with Gasteiger partial charge in [0.2, 0.25) is 0 Å². The second kappa shape index (κ2) is 9.30. The number of benzene rings is 1. The fraction of sp³-hybridized carbons (Fsp3) is 0.391. The minimum absolute atomic E-state index is 0.300. The number of carbonyl (C=O) groups excluding carboxylic acids is 1. The fourth-order valence-electron chi connectivity index (χ4n) is 3.82. The van der Waals surface area contributed by atoms with Crippen LogP contribution >= 0.6 is 11.8 Å². The van der Waals surface area contributed by atoms with Gasteiger partial charge in [-0.25, -0.2) is 9.97 Å². The Morgan fingerprint density at radius 3 is 2.78 bits per heavy atom. The molecule has 8 nitrogen and oxygen atoms in total. The van der Waals surface area contributed by atoms with Crippen LogP contribution < -0.4 is 15.5 Å². The van der Waals surface area contributed by atoms with Crippen LogP contribution in [-0.2, 0) is 11.2 Å². The van der Waals surface area contributed by atoms with Gasteiger partial charge in [0.1, 0.15) is 23.2 Å². The number of ketones is 1. The highest BCUT2D eigenvalue weighted by molar-refractivity contribution is 7.99. The Bertz CT molecular complexity index is 1070. The van der Waals surface area contributed by atoms with Gasteiger partial charge in [-0.1, -0.05) is 12.1 Å². The molecule has 3 N–H and O–H groups in total. The van der Waals surface area contributed by atoms with E-state index in [0.717, 1.165) is 60.4 Å². The monoisotopic (exact) mass is 449 g/mol. The van der Waals surface area contributed by atoms with Crippen LogP contribution in [0, 0.1) is 5.92 Å². The molecule has 1 aliphatic carbocycles. The van der Waals surface area contributed by atoms with Crippen LogP contribution in [0.3, 0.4) is 0 Å². The van der Waals surface area contributed by atoms with E-state index >= 15 is 0 Å². The molecule has 166 valence electrons. The number of H-pyrrole nitrogens is 1. The lowest BCUT2D eigenvalue weighted by Gasteiger charge is -2.33. The fourth-order valence-corrected chi connectivity index (χ4v) is 4.59. The maximum Gasteiger partial charge on any atom is 0.196 e. The first-order valence-electron chi connectivity index (χ1n) is 11.1. The standard InChI is InChI=1S/C23H27N7OS/c1-15-14-30(11-10-24-15)22-13-21(26-20-8-9-25-29-20)27-23(28-22)32-18-6-2-16(3-7-18)12-19(31)17-4-5-17/h2-3,6-9,13,15,17,24H,4-5,10-12,14H2,1H3,(H2,25,26,27,28,29). The zero-order chi connectivity index (χ0) is 21.9. The smallest absolute Gasteiger partial charge is 0.196 e. The Morgan fingerprint density at radius 1 is 1.22 bits per heavy atom. The predicted molar refractivity (Wildman–Crippen MR) is 126 cm³/mol. The molecule has 1 atom stereocenters. The summed E-state index contributed by atoms with van der Waals surface area (Å²) in [4.78, 5) is 25.0. The summed E-state index contributed by atoms with van der Waals surface area (Å²) in [6.45, 7) is 4.91.